The number of amides is 1. The zero-order valence-corrected chi connectivity index (χ0v) is 17.7. The fourth-order valence-corrected chi connectivity index (χ4v) is 3.44. The Bertz CT molecular complexity index is 1270. The molecule has 1 amide bonds. The molecule has 2 N–H and O–H groups in total. The Labute approximate surface area is 182 Å². The molecule has 0 aliphatic carbocycles. The first kappa shape index (κ1) is 19.8. The number of aryl methyl sites for hydroxylation is 1. The summed E-state index contributed by atoms with van der Waals surface area (Å²) in [4.78, 5) is 17.6. The molecule has 0 saturated carbocycles. The number of pyridine rings is 1. The van der Waals surface area contributed by atoms with E-state index in [0.717, 1.165) is 32.2 Å². The Kier molecular flexibility index (Phi) is 5.59. The van der Waals surface area contributed by atoms with Crippen molar-refractivity contribution in [1.29, 1.82) is 0 Å². The molecule has 4 aromatic rings. The minimum absolute atomic E-state index is 0.119. The van der Waals surface area contributed by atoms with E-state index >= 15 is 0 Å². The third kappa shape index (κ3) is 4.23. The number of hydrazone groups is 1. The number of fused-ring (bicyclic) bond motifs is 1. The van der Waals surface area contributed by atoms with Crippen LogP contribution < -0.4 is 5.43 Å². The molecule has 0 unspecified atom stereocenters. The Hall–Kier alpha value is -3.51. The van der Waals surface area contributed by atoms with Crippen LogP contribution in [0.3, 0.4) is 0 Å². The van der Waals surface area contributed by atoms with Crippen LogP contribution in [0.25, 0.3) is 22.2 Å². The number of phenolic OH excluding ortho intramolecular Hbond substituents is 1. The quantitative estimate of drug-likeness (QED) is 0.315. The largest absolute Gasteiger partial charge is 0.508 e. The smallest absolute Gasteiger partial charge is 0.272 e. The molecular formula is C24H18BrN3O2. The maximum absolute atomic E-state index is 12.9. The summed E-state index contributed by atoms with van der Waals surface area (Å²) in [6.07, 6.45) is 1.48. The number of carbonyl (C=O) groups is 1. The highest BCUT2D eigenvalue weighted by Crippen LogP contribution is 2.25. The summed E-state index contributed by atoms with van der Waals surface area (Å²) in [6.45, 7) is 2.03. The van der Waals surface area contributed by atoms with Crippen LogP contribution in [0.15, 0.2) is 82.4 Å². The van der Waals surface area contributed by atoms with Gasteiger partial charge in [0.25, 0.3) is 5.91 Å². The number of para-hydroxylation sites is 1. The Morgan fingerprint density at radius 1 is 1.07 bits per heavy atom. The summed E-state index contributed by atoms with van der Waals surface area (Å²) in [5, 5.41) is 14.4. The summed E-state index contributed by atoms with van der Waals surface area (Å²) in [5.74, 6) is -0.219. The molecular weight excluding hydrogens is 442 g/mol. The van der Waals surface area contributed by atoms with Gasteiger partial charge in [0.2, 0.25) is 0 Å². The second-order valence-electron chi connectivity index (χ2n) is 6.84. The predicted octanol–water partition coefficient (Wildman–Crippen LogP) is 5.44. The number of rotatable bonds is 4. The van der Waals surface area contributed by atoms with E-state index < -0.39 is 0 Å². The zero-order chi connectivity index (χ0) is 21.1. The summed E-state index contributed by atoms with van der Waals surface area (Å²) in [6, 6.07) is 22.2. The van der Waals surface area contributed by atoms with Gasteiger partial charge in [0.05, 0.1) is 23.0 Å². The van der Waals surface area contributed by atoms with Crippen molar-refractivity contribution in [3.8, 4) is 17.0 Å². The van der Waals surface area contributed by atoms with Gasteiger partial charge >= 0.3 is 0 Å². The van der Waals surface area contributed by atoms with Gasteiger partial charge in [-0.15, -0.1) is 0 Å². The molecule has 148 valence electrons. The Morgan fingerprint density at radius 3 is 2.63 bits per heavy atom. The van der Waals surface area contributed by atoms with Gasteiger partial charge in [-0.2, -0.15) is 5.10 Å². The van der Waals surface area contributed by atoms with E-state index in [1.165, 1.54) is 6.21 Å². The van der Waals surface area contributed by atoms with E-state index in [0.29, 0.717) is 11.1 Å². The molecule has 0 saturated heterocycles. The number of aromatic nitrogens is 1. The maximum atomic E-state index is 12.9. The van der Waals surface area contributed by atoms with Crippen LogP contribution >= 0.6 is 15.9 Å². The van der Waals surface area contributed by atoms with Crippen molar-refractivity contribution in [2.24, 2.45) is 5.10 Å². The Balaban J connectivity index is 1.68. The van der Waals surface area contributed by atoms with Gasteiger partial charge in [0.15, 0.2) is 0 Å². The molecule has 0 atom stereocenters. The third-order valence-corrected chi connectivity index (χ3v) is 5.38. The van der Waals surface area contributed by atoms with Crippen LogP contribution in [-0.2, 0) is 0 Å². The SMILES string of the molecule is Cc1ccc(-c2cc(C(=O)N/N=C\c3cc(O)ccc3Br)c3ccccc3n2)cc1. The second kappa shape index (κ2) is 8.47. The average Bonchev–Trinajstić information content (AvgIpc) is 2.75. The van der Waals surface area contributed by atoms with E-state index in [2.05, 4.69) is 26.5 Å². The summed E-state index contributed by atoms with van der Waals surface area (Å²) < 4.78 is 0.759. The van der Waals surface area contributed by atoms with Crippen LogP contribution in [0.1, 0.15) is 21.5 Å². The third-order valence-electron chi connectivity index (χ3n) is 4.66. The lowest BCUT2D eigenvalue weighted by Crippen LogP contribution is -2.18. The van der Waals surface area contributed by atoms with Crippen LogP contribution in [-0.4, -0.2) is 22.2 Å². The van der Waals surface area contributed by atoms with Crippen LogP contribution in [0.2, 0.25) is 0 Å². The summed E-state index contributed by atoms with van der Waals surface area (Å²) in [5.41, 5.74) is 7.26. The maximum Gasteiger partial charge on any atom is 0.272 e. The molecule has 1 aromatic heterocycles. The highest BCUT2D eigenvalue weighted by molar-refractivity contribution is 9.10. The van der Waals surface area contributed by atoms with Crippen molar-refractivity contribution in [3.05, 3.63) is 94.0 Å². The van der Waals surface area contributed by atoms with Crippen molar-refractivity contribution < 1.29 is 9.90 Å². The number of nitrogens with zero attached hydrogens (tertiary/aromatic N) is 2. The normalized spacial score (nSPS) is 11.1. The van der Waals surface area contributed by atoms with E-state index in [1.807, 2.05) is 55.5 Å². The van der Waals surface area contributed by atoms with Crippen molar-refractivity contribution >= 4 is 39.0 Å². The minimum Gasteiger partial charge on any atom is -0.508 e. The van der Waals surface area contributed by atoms with Gasteiger partial charge in [0.1, 0.15) is 5.75 Å². The van der Waals surface area contributed by atoms with Crippen molar-refractivity contribution in [1.82, 2.24) is 10.4 Å². The van der Waals surface area contributed by atoms with Gasteiger partial charge in [-0.25, -0.2) is 10.4 Å². The first-order chi connectivity index (χ1) is 14.5. The molecule has 4 rings (SSSR count). The fraction of sp³-hybridized carbons (Fsp3) is 0.0417. The number of benzene rings is 3. The molecule has 0 aliphatic heterocycles. The molecule has 30 heavy (non-hydrogen) atoms. The molecule has 1 heterocycles. The van der Waals surface area contributed by atoms with E-state index in [1.54, 1.807) is 24.3 Å². The first-order valence-corrected chi connectivity index (χ1v) is 10.1. The van der Waals surface area contributed by atoms with Gasteiger partial charge in [-0.3, -0.25) is 4.79 Å². The molecule has 0 spiro atoms. The number of carbonyl (C=O) groups excluding carboxylic acids is 1. The average molecular weight is 460 g/mol. The van der Waals surface area contributed by atoms with E-state index in [-0.39, 0.29) is 11.7 Å². The predicted molar refractivity (Wildman–Crippen MR) is 123 cm³/mol. The standard InChI is InChI=1S/C24H18BrN3O2/c1-15-6-8-16(9-7-15)23-13-20(19-4-2-3-5-22(19)27-23)24(30)28-26-14-17-12-18(29)10-11-21(17)25/h2-14,29H,1H3,(H,28,30)/b26-14-. The van der Waals surface area contributed by atoms with Gasteiger partial charge in [0, 0.05) is 21.0 Å². The number of halogens is 1. The number of aromatic hydroxyl groups is 1. The van der Waals surface area contributed by atoms with Crippen molar-refractivity contribution in [3.63, 3.8) is 0 Å². The van der Waals surface area contributed by atoms with Crippen LogP contribution in [0, 0.1) is 6.92 Å². The fourth-order valence-electron chi connectivity index (χ4n) is 3.09. The highest BCUT2D eigenvalue weighted by Gasteiger charge is 2.13. The summed E-state index contributed by atoms with van der Waals surface area (Å²) >= 11 is 3.39. The van der Waals surface area contributed by atoms with E-state index in [4.69, 9.17) is 4.98 Å². The molecule has 0 bridgehead atoms. The zero-order valence-electron chi connectivity index (χ0n) is 16.1. The van der Waals surface area contributed by atoms with Crippen LogP contribution in [0.5, 0.6) is 5.75 Å². The molecule has 0 radical (unpaired) electrons. The lowest BCUT2D eigenvalue weighted by atomic mass is 10.0. The second-order valence-corrected chi connectivity index (χ2v) is 7.70. The summed E-state index contributed by atoms with van der Waals surface area (Å²) in [7, 11) is 0. The van der Waals surface area contributed by atoms with Crippen molar-refractivity contribution in [2.75, 3.05) is 0 Å². The van der Waals surface area contributed by atoms with Gasteiger partial charge in [-0.05, 0) is 37.3 Å². The topological polar surface area (TPSA) is 74.6 Å². The monoisotopic (exact) mass is 459 g/mol. The molecule has 0 aliphatic rings. The molecule has 3 aromatic carbocycles. The Morgan fingerprint density at radius 2 is 1.83 bits per heavy atom. The molecule has 6 heteroatoms. The number of hydrogen-bond donors (Lipinski definition) is 2. The van der Waals surface area contributed by atoms with E-state index in [9.17, 15) is 9.90 Å². The number of hydrogen-bond acceptors (Lipinski definition) is 4. The lowest BCUT2D eigenvalue weighted by molar-refractivity contribution is 0.0956. The minimum atomic E-state index is -0.338. The number of phenols is 1. The molecule has 5 nitrogen and oxygen atoms in total. The molecule has 0 fully saturated rings. The lowest BCUT2D eigenvalue weighted by Gasteiger charge is -2.09. The number of nitrogens with one attached hydrogen (secondary N) is 1. The highest BCUT2D eigenvalue weighted by atomic mass is 79.9. The first-order valence-electron chi connectivity index (χ1n) is 9.30. The van der Waals surface area contributed by atoms with Gasteiger partial charge in [-0.1, -0.05) is 64.0 Å². The van der Waals surface area contributed by atoms with Crippen LogP contribution in [0.4, 0.5) is 0 Å². The van der Waals surface area contributed by atoms with Gasteiger partial charge < -0.3 is 5.11 Å². The van der Waals surface area contributed by atoms with Crippen molar-refractivity contribution in [2.45, 2.75) is 6.92 Å².